The topological polar surface area (TPSA) is 124 Å². The van der Waals surface area contributed by atoms with Crippen molar-refractivity contribution in [3.8, 4) is 11.6 Å². The van der Waals surface area contributed by atoms with E-state index < -0.39 is 15.9 Å². The van der Waals surface area contributed by atoms with Crippen molar-refractivity contribution in [1.82, 2.24) is 9.97 Å². The first-order valence-electron chi connectivity index (χ1n) is 8.24. The van der Waals surface area contributed by atoms with Crippen LogP contribution in [0.5, 0.6) is 11.6 Å². The average Bonchev–Trinajstić information content (AvgIpc) is 2.66. The number of rotatable bonds is 5. The van der Waals surface area contributed by atoms with Crippen LogP contribution in [0.4, 0.5) is 5.69 Å². The van der Waals surface area contributed by atoms with Gasteiger partial charge in [0.05, 0.1) is 11.9 Å². The minimum Gasteiger partial charge on any atom is -0.439 e. The van der Waals surface area contributed by atoms with Crippen molar-refractivity contribution in [2.75, 3.05) is 5.32 Å². The van der Waals surface area contributed by atoms with Crippen molar-refractivity contribution < 1.29 is 17.9 Å². The lowest BCUT2D eigenvalue weighted by molar-refractivity contribution is 0.102. The zero-order valence-electron chi connectivity index (χ0n) is 15.2. The Hall–Kier alpha value is -3.30. The number of pyridine rings is 2. The van der Waals surface area contributed by atoms with E-state index in [1.54, 1.807) is 12.1 Å². The van der Waals surface area contributed by atoms with Crippen molar-refractivity contribution in [3.63, 3.8) is 0 Å². The molecule has 2 aromatic heterocycles. The van der Waals surface area contributed by atoms with Crippen LogP contribution >= 0.6 is 0 Å². The SMILES string of the molecule is Cc1cccc(Oc2ccc(NC(=O)c3ccnc(S(N)(=O)=O)c3)cn2)c1C. The molecule has 8 nitrogen and oxygen atoms in total. The molecule has 0 radical (unpaired) electrons. The van der Waals surface area contributed by atoms with Gasteiger partial charge in [0.15, 0.2) is 5.03 Å². The fourth-order valence-corrected chi connectivity index (χ4v) is 2.87. The molecule has 0 aliphatic rings. The van der Waals surface area contributed by atoms with Crippen molar-refractivity contribution in [2.24, 2.45) is 5.14 Å². The maximum Gasteiger partial charge on any atom is 0.255 e. The second kappa shape index (κ2) is 7.75. The lowest BCUT2D eigenvalue weighted by Gasteiger charge is -2.10. The molecule has 0 fully saturated rings. The van der Waals surface area contributed by atoms with E-state index in [2.05, 4.69) is 15.3 Å². The minimum absolute atomic E-state index is 0.106. The molecule has 1 aromatic carbocycles. The number of hydrogen-bond donors (Lipinski definition) is 2. The molecule has 0 unspecified atom stereocenters. The molecular formula is C19H18N4O4S. The van der Waals surface area contributed by atoms with Gasteiger partial charge in [-0.15, -0.1) is 0 Å². The smallest absolute Gasteiger partial charge is 0.255 e. The Morgan fingerprint density at radius 1 is 1.11 bits per heavy atom. The summed E-state index contributed by atoms with van der Waals surface area (Å²) in [5, 5.41) is 7.28. The van der Waals surface area contributed by atoms with Crippen LogP contribution in [0.1, 0.15) is 21.5 Å². The molecule has 0 saturated heterocycles. The predicted octanol–water partition coefficient (Wildman–Crippen LogP) is 2.79. The lowest BCUT2D eigenvalue weighted by Crippen LogP contribution is -2.17. The number of sulfonamides is 1. The number of aromatic nitrogens is 2. The number of ether oxygens (including phenoxy) is 1. The second-order valence-corrected chi connectivity index (χ2v) is 7.58. The van der Waals surface area contributed by atoms with Crippen LogP contribution < -0.4 is 15.2 Å². The highest BCUT2D eigenvalue weighted by Gasteiger charge is 2.14. The fraction of sp³-hybridized carbons (Fsp3) is 0.105. The number of carbonyl (C=O) groups excluding carboxylic acids is 1. The first-order chi connectivity index (χ1) is 13.2. The van der Waals surface area contributed by atoms with Gasteiger partial charge in [-0.1, -0.05) is 12.1 Å². The number of carbonyl (C=O) groups is 1. The number of nitrogens with one attached hydrogen (secondary N) is 1. The first kappa shape index (κ1) is 19.5. The maximum atomic E-state index is 12.3. The molecular weight excluding hydrogens is 380 g/mol. The summed E-state index contributed by atoms with van der Waals surface area (Å²) in [5.41, 5.74) is 2.66. The highest BCUT2D eigenvalue weighted by Crippen LogP contribution is 2.26. The van der Waals surface area contributed by atoms with Gasteiger partial charge in [0.25, 0.3) is 15.9 Å². The monoisotopic (exact) mass is 398 g/mol. The minimum atomic E-state index is -3.99. The molecule has 0 bridgehead atoms. The molecule has 3 N–H and O–H groups in total. The van der Waals surface area contributed by atoms with Crippen LogP contribution in [0.15, 0.2) is 59.9 Å². The summed E-state index contributed by atoms with van der Waals surface area (Å²) in [6.45, 7) is 3.96. The van der Waals surface area contributed by atoms with Gasteiger partial charge in [0.2, 0.25) is 5.88 Å². The Kier molecular flexibility index (Phi) is 5.39. The Balaban J connectivity index is 1.72. The predicted molar refractivity (Wildman–Crippen MR) is 104 cm³/mol. The van der Waals surface area contributed by atoms with Crippen molar-refractivity contribution >= 4 is 21.6 Å². The standard InChI is InChI=1S/C19H18N4O4S/c1-12-4-3-5-16(13(12)2)27-17-7-6-15(11-22-17)23-19(24)14-8-9-21-18(10-14)28(20,25)26/h3-11H,1-2H3,(H,23,24)(H2,20,25,26). The van der Waals surface area contributed by atoms with Gasteiger partial charge in [-0.25, -0.2) is 23.5 Å². The van der Waals surface area contributed by atoms with E-state index in [1.807, 2.05) is 32.0 Å². The molecule has 3 aromatic rings. The summed E-state index contributed by atoms with van der Waals surface area (Å²) in [6.07, 6.45) is 2.65. The van der Waals surface area contributed by atoms with E-state index in [0.717, 1.165) is 17.2 Å². The molecule has 0 saturated carbocycles. The summed E-state index contributed by atoms with van der Waals surface area (Å²) in [6, 6.07) is 11.5. The van der Waals surface area contributed by atoms with Gasteiger partial charge in [-0.3, -0.25) is 4.79 Å². The van der Waals surface area contributed by atoms with E-state index in [0.29, 0.717) is 17.3 Å². The number of nitrogens with two attached hydrogens (primary N) is 1. The summed E-state index contributed by atoms with van der Waals surface area (Å²) < 4.78 is 28.5. The van der Waals surface area contributed by atoms with E-state index >= 15 is 0 Å². The summed E-state index contributed by atoms with van der Waals surface area (Å²) in [4.78, 5) is 20.1. The third-order valence-corrected chi connectivity index (χ3v) is 4.86. The van der Waals surface area contributed by atoms with Crippen molar-refractivity contribution in [3.05, 3.63) is 71.5 Å². The Labute approximate surface area is 162 Å². The number of primary sulfonamides is 1. The van der Waals surface area contributed by atoms with Crippen LogP contribution in [0, 0.1) is 13.8 Å². The summed E-state index contributed by atoms with van der Waals surface area (Å²) in [7, 11) is -3.99. The quantitative estimate of drug-likeness (QED) is 0.681. The van der Waals surface area contributed by atoms with E-state index in [9.17, 15) is 13.2 Å². The molecule has 1 amide bonds. The third kappa shape index (κ3) is 4.51. The number of anilines is 1. The fourth-order valence-electron chi connectivity index (χ4n) is 2.37. The molecule has 3 rings (SSSR count). The number of nitrogens with zero attached hydrogens (tertiary/aromatic N) is 2. The van der Waals surface area contributed by atoms with Gasteiger partial charge < -0.3 is 10.1 Å². The molecule has 0 aliphatic carbocycles. The zero-order chi connectivity index (χ0) is 20.3. The highest BCUT2D eigenvalue weighted by atomic mass is 32.2. The van der Waals surface area contributed by atoms with Gasteiger partial charge in [0, 0.05) is 17.8 Å². The second-order valence-electron chi connectivity index (χ2n) is 6.07. The van der Waals surface area contributed by atoms with Gasteiger partial charge in [-0.2, -0.15) is 0 Å². The van der Waals surface area contributed by atoms with Gasteiger partial charge in [0.1, 0.15) is 5.75 Å². The van der Waals surface area contributed by atoms with E-state index in [4.69, 9.17) is 9.88 Å². The number of aryl methyl sites for hydroxylation is 1. The summed E-state index contributed by atoms with van der Waals surface area (Å²) in [5.74, 6) is 0.570. The zero-order valence-corrected chi connectivity index (χ0v) is 16.0. The van der Waals surface area contributed by atoms with Crippen LogP contribution in [-0.4, -0.2) is 24.3 Å². The molecule has 0 spiro atoms. The molecule has 9 heteroatoms. The van der Waals surface area contributed by atoms with Crippen LogP contribution in [0.25, 0.3) is 0 Å². The Bertz CT molecular complexity index is 1130. The summed E-state index contributed by atoms with van der Waals surface area (Å²) >= 11 is 0. The average molecular weight is 398 g/mol. The first-order valence-corrected chi connectivity index (χ1v) is 9.79. The van der Waals surface area contributed by atoms with Crippen LogP contribution in [0.3, 0.4) is 0 Å². The Morgan fingerprint density at radius 2 is 1.89 bits per heavy atom. The molecule has 144 valence electrons. The molecule has 0 atom stereocenters. The molecule has 0 aliphatic heterocycles. The number of benzene rings is 1. The van der Waals surface area contributed by atoms with Gasteiger partial charge in [-0.05, 0) is 49.2 Å². The lowest BCUT2D eigenvalue weighted by atomic mass is 10.1. The normalized spacial score (nSPS) is 11.1. The van der Waals surface area contributed by atoms with E-state index in [-0.39, 0.29) is 10.6 Å². The highest BCUT2D eigenvalue weighted by molar-refractivity contribution is 7.89. The number of amides is 1. The van der Waals surface area contributed by atoms with Crippen molar-refractivity contribution in [1.29, 1.82) is 0 Å². The molecule has 2 heterocycles. The largest absolute Gasteiger partial charge is 0.439 e. The third-order valence-electron chi connectivity index (χ3n) is 4.05. The van der Waals surface area contributed by atoms with Crippen LogP contribution in [0.2, 0.25) is 0 Å². The van der Waals surface area contributed by atoms with Crippen LogP contribution in [-0.2, 0) is 10.0 Å². The maximum absolute atomic E-state index is 12.3. The van der Waals surface area contributed by atoms with Gasteiger partial charge >= 0.3 is 0 Å². The van der Waals surface area contributed by atoms with Crippen molar-refractivity contribution in [2.45, 2.75) is 18.9 Å². The Morgan fingerprint density at radius 3 is 2.57 bits per heavy atom. The number of hydrogen-bond acceptors (Lipinski definition) is 6. The molecule has 28 heavy (non-hydrogen) atoms. The van der Waals surface area contributed by atoms with E-state index in [1.165, 1.54) is 18.5 Å².